The Kier molecular flexibility index (Phi) is 5.07. The van der Waals surface area contributed by atoms with Crippen molar-refractivity contribution in [2.24, 2.45) is 19.1 Å². The monoisotopic (exact) mass is 434 g/mol. The highest BCUT2D eigenvalue weighted by atomic mass is 19.4. The molecule has 2 aromatic rings. The number of nitrogens with one attached hydrogen (secondary N) is 1. The number of nitrogens with zero attached hydrogens (tertiary/aromatic N) is 3. The standard InChI is InChI=1S/C18H16F6N4O2/c1-27-13-12(14(29)28(2)15(27)30)16(17(19,20)21,18(22,23)24)26-11(25-13)9-8-10-6-4-3-5-7-10/h3-7H,8-9H2,1-2H3,(H,25,26). The summed E-state index contributed by atoms with van der Waals surface area (Å²) in [6.07, 6.45) is -12.2. The van der Waals surface area contributed by atoms with Gasteiger partial charge in [0.25, 0.3) is 11.1 Å². The summed E-state index contributed by atoms with van der Waals surface area (Å²) in [5, 5.41) is 2.34. The van der Waals surface area contributed by atoms with E-state index in [0.717, 1.165) is 14.1 Å². The van der Waals surface area contributed by atoms with E-state index in [0.29, 0.717) is 10.1 Å². The summed E-state index contributed by atoms with van der Waals surface area (Å²) in [7, 11) is 1.78. The van der Waals surface area contributed by atoms with E-state index in [1.807, 2.05) is 0 Å². The van der Waals surface area contributed by atoms with E-state index in [1.54, 1.807) is 30.3 Å². The number of hydrogen-bond acceptors (Lipinski definition) is 4. The van der Waals surface area contributed by atoms with Gasteiger partial charge in [0.15, 0.2) is 0 Å². The van der Waals surface area contributed by atoms with E-state index in [4.69, 9.17) is 0 Å². The molecule has 0 spiro atoms. The first kappa shape index (κ1) is 21.7. The number of benzene rings is 1. The fraction of sp³-hybridized carbons (Fsp3) is 0.389. The van der Waals surface area contributed by atoms with Crippen molar-refractivity contribution in [3.8, 4) is 0 Å². The molecule has 1 aromatic heterocycles. The Morgan fingerprint density at radius 1 is 0.933 bits per heavy atom. The summed E-state index contributed by atoms with van der Waals surface area (Å²) in [4.78, 5) is 27.6. The lowest BCUT2D eigenvalue weighted by Gasteiger charge is -2.38. The van der Waals surface area contributed by atoms with Gasteiger partial charge < -0.3 is 5.32 Å². The van der Waals surface area contributed by atoms with Crippen LogP contribution in [0.5, 0.6) is 0 Å². The Morgan fingerprint density at radius 3 is 2.03 bits per heavy atom. The predicted octanol–water partition coefficient (Wildman–Crippen LogP) is 2.86. The average Bonchev–Trinajstić information content (AvgIpc) is 2.67. The summed E-state index contributed by atoms with van der Waals surface area (Å²) in [6.45, 7) is 0. The third-order valence-corrected chi connectivity index (χ3v) is 4.91. The molecule has 0 aliphatic carbocycles. The second-order valence-electron chi connectivity index (χ2n) is 6.80. The van der Waals surface area contributed by atoms with Crippen molar-refractivity contribution >= 4 is 11.7 Å². The molecular formula is C18H16F6N4O2. The first-order valence-electron chi connectivity index (χ1n) is 8.65. The molecule has 1 N–H and O–H groups in total. The third-order valence-electron chi connectivity index (χ3n) is 4.91. The zero-order valence-electron chi connectivity index (χ0n) is 15.7. The molecule has 30 heavy (non-hydrogen) atoms. The van der Waals surface area contributed by atoms with E-state index in [1.165, 1.54) is 0 Å². The molecular weight excluding hydrogens is 418 g/mol. The normalized spacial score (nSPS) is 15.9. The lowest BCUT2D eigenvalue weighted by molar-refractivity contribution is -0.301. The van der Waals surface area contributed by atoms with Crippen LogP contribution in [0.25, 0.3) is 0 Å². The van der Waals surface area contributed by atoms with Crippen molar-refractivity contribution < 1.29 is 26.3 Å². The maximum Gasteiger partial charge on any atom is 0.427 e. The van der Waals surface area contributed by atoms with Gasteiger partial charge in [0.1, 0.15) is 17.2 Å². The van der Waals surface area contributed by atoms with Gasteiger partial charge in [-0.2, -0.15) is 26.3 Å². The van der Waals surface area contributed by atoms with E-state index >= 15 is 0 Å². The molecule has 0 atom stereocenters. The summed E-state index contributed by atoms with van der Waals surface area (Å²) in [6, 6.07) is 8.36. The van der Waals surface area contributed by atoms with Crippen molar-refractivity contribution in [1.82, 2.24) is 9.13 Å². The van der Waals surface area contributed by atoms with Crippen LogP contribution in [-0.2, 0) is 26.1 Å². The van der Waals surface area contributed by atoms with Crippen LogP contribution >= 0.6 is 0 Å². The zero-order chi connectivity index (χ0) is 22.5. The highest BCUT2D eigenvalue weighted by Crippen LogP contribution is 2.55. The quantitative estimate of drug-likeness (QED) is 0.756. The summed E-state index contributed by atoms with van der Waals surface area (Å²) < 4.78 is 84.5. The van der Waals surface area contributed by atoms with Gasteiger partial charge in [-0.25, -0.2) is 9.79 Å². The molecule has 0 bridgehead atoms. The number of fused-ring (bicyclic) bond motifs is 1. The van der Waals surface area contributed by atoms with Crippen molar-refractivity contribution in [3.63, 3.8) is 0 Å². The van der Waals surface area contributed by atoms with Gasteiger partial charge in [-0.05, 0) is 12.0 Å². The van der Waals surface area contributed by atoms with E-state index in [2.05, 4.69) is 10.3 Å². The number of alkyl halides is 6. The Bertz CT molecular complexity index is 1100. The lowest BCUT2D eigenvalue weighted by atomic mass is 9.87. The number of halogens is 6. The van der Waals surface area contributed by atoms with Crippen LogP contribution in [0.15, 0.2) is 44.9 Å². The number of amidine groups is 1. The molecule has 0 radical (unpaired) electrons. The number of aliphatic imine (C=N–C) groups is 1. The van der Waals surface area contributed by atoms with Crippen LogP contribution in [0, 0.1) is 0 Å². The number of anilines is 1. The largest absolute Gasteiger partial charge is 0.427 e. The minimum absolute atomic E-state index is 0.0899. The van der Waals surface area contributed by atoms with E-state index < -0.39 is 46.4 Å². The molecule has 12 heteroatoms. The molecule has 2 heterocycles. The molecule has 0 amide bonds. The van der Waals surface area contributed by atoms with Gasteiger partial charge in [0, 0.05) is 20.5 Å². The summed E-state index contributed by atoms with van der Waals surface area (Å²) in [5.41, 5.74) is -8.62. The molecule has 0 unspecified atom stereocenters. The second-order valence-corrected chi connectivity index (χ2v) is 6.80. The summed E-state index contributed by atoms with van der Waals surface area (Å²) >= 11 is 0. The fourth-order valence-electron chi connectivity index (χ4n) is 3.34. The maximum absolute atomic E-state index is 14.0. The van der Waals surface area contributed by atoms with Gasteiger partial charge in [-0.15, -0.1) is 0 Å². The van der Waals surface area contributed by atoms with Crippen molar-refractivity contribution in [3.05, 3.63) is 62.3 Å². The highest BCUT2D eigenvalue weighted by Gasteiger charge is 2.75. The minimum Gasteiger partial charge on any atom is -0.330 e. The average molecular weight is 434 g/mol. The molecule has 1 aliphatic rings. The van der Waals surface area contributed by atoms with Gasteiger partial charge >= 0.3 is 18.0 Å². The topological polar surface area (TPSA) is 68.4 Å². The first-order chi connectivity index (χ1) is 13.8. The summed E-state index contributed by atoms with van der Waals surface area (Å²) in [5.74, 6) is -1.51. The predicted molar refractivity (Wildman–Crippen MR) is 96.5 cm³/mol. The Labute approximate surface area is 165 Å². The van der Waals surface area contributed by atoms with Crippen molar-refractivity contribution in [2.45, 2.75) is 30.7 Å². The number of aryl methyl sites for hydroxylation is 1. The number of rotatable bonds is 3. The highest BCUT2D eigenvalue weighted by molar-refractivity contribution is 5.98. The first-order valence-corrected chi connectivity index (χ1v) is 8.65. The molecule has 3 rings (SSSR count). The van der Waals surface area contributed by atoms with E-state index in [9.17, 15) is 35.9 Å². The van der Waals surface area contributed by atoms with Gasteiger partial charge in [-0.1, -0.05) is 30.3 Å². The van der Waals surface area contributed by atoms with Crippen LogP contribution in [0.1, 0.15) is 17.5 Å². The minimum atomic E-state index is -5.98. The third kappa shape index (κ3) is 3.19. The van der Waals surface area contributed by atoms with Crippen molar-refractivity contribution in [1.29, 1.82) is 0 Å². The lowest BCUT2D eigenvalue weighted by Crippen LogP contribution is -2.60. The molecule has 162 valence electrons. The Hall–Kier alpha value is -3.05. The smallest absolute Gasteiger partial charge is 0.330 e. The van der Waals surface area contributed by atoms with Gasteiger partial charge in [-0.3, -0.25) is 13.9 Å². The molecule has 1 aliphatic heterocycles. The van der Waals surface area contributed by atoms with Gasteiger partial charge in [0.2, 0.25) is 0 Å². The van der Waals surface area contributed by atoms with Crippen molar-refractivity contribution in [2.75, 3.05) is 5.32 Å². The molecule has 6 nitrogen and oxygen atoms in total. The fourth-order valence-corrected chi connectivity index (χ4v) is 3.34. The van der Waals surface area contributed by atoms with E-state index in [-0.39, 0.29) is 17.4 Å². The number of aromatic nitrogens is 2. The number of hydrogen-bond donors (Lipinski definition) is 1. The molecule has 0 fully saturated rings. The molecule has 1 aromatic carbocycles. The Balaban J connectivity index is 2.28. The molecule has 0 saturated heterocycles. The maximum atomic E-state index is 14.0. The zero-order valence-corrected chi connectivity index (χ0v) is 15.7. The van der Waals surface area contributed by atoms with Crippen LogP contribution in [-0.4, -0.2) is 27.3 Å². The van der Waals surface area contributed by atoms with Gasteiger partial charge in [0.05, 0.1) is 0 Å². The second kappa shape index (κ2) is 7.03. The van der Waals surface area contributed by atoms with Crippen LogP contribution in [0.3, 0.4) is 0 Å². The Morgan fingerprint density at radius 2 is 1.50 bits per heavy atom. The van der Waals surface area contributed by atoms with Crippen LogP contribution in [0.4, 0.5) is 32.2 Å². The van der Waals surface area contributed by atoms with Crippen LogP contribution < -0.4 is 16.6 Å². The molecule has 0 saturated carbocycles. The SMILES string of the molecule is Cn1c2c(c(=O)n(C)c1=O)C(C(F)(F)F)(C(F)(F)F)N=C(CCc1ccccc1)N2. The van der Waals surface area contributed by atoms with Crippen LogP contribution in [0.2, 0.25) is 0 Å².